The molecule has 0 bridgehead atoms. The number of rotatable bonds is 4. The normalized spacial score (nSPS) is 19.8. The summed E-state index contributed by atoms with van der Waals surface area (Å²) in [6.07, 6.45) is 1.24. The number of anilines is 1. The van der Waals surface area contributed by atoms with Crippen molar-refractivity contribution in [3.8, 4) is 0 Å². The summed E-state index contributed by atoms with van der Waals surface area (Å²) < 4.78 is 0. The molecule has 0 radical (unpaired) electrons. The minimum Gasteiger partial charge on any atom is -0.370 e. The van der Waals surface area contributed by atoms with Crippen molar-refractivity contribution in [2.24, 2.45) is 5.73 Å². The predicted octanol–water partition coefficient (Wildman–Crippen LogP) is 1.77. The van der Waals surface area contributed by atoms with E-state index in [1.165, 1.54) is 23.2 Å². The fraction of sp³-hybridized carbons (Fsp3) is 0.600. The smallest absolute Gasteiger partial charge is 0.0396 e. The highest BCUT2D eigenvalue weighted by atomic mass is 15.2. The van der Waals surface area contributed by atoms with E-state index in [1.807, 2.05) is 0 Å². The standard InChI is InChI=1S/C15H25N3/c1-12-4-5-15(13(2)10-12)18-8-6-14(11-18)17(3)9-7-16/h4-5,10,14H,6-9,11,16H2,1-3H3. The Morgan fingerprint density at radius 1 is 1.39 bits per heavy atom. The van der Waals surface area contributed by atoms with E-state index < -0.39 is 0 Å². The summed E-state index contributed by atoms with van der Waals surface area (Å²) in [6.45, 7) is 8.38. The molecule has 3 heteroatoms. The van der Waals surface area contributed by atoms with Crippen molar-refractivity contribution >= 4 is 5.69 Å². The Bertz CT molecular complexity index is 403. The second-order valence-corrected chi connectivity index (χ2v) is 5.45. The molecular weight excluding hydrogens is 222 g/mol. The van der Waals surface area contributed by atoms with E-state index in [1.54, 1.807) is 0 Å². The van der Waals surface area contributed by atoms with Gasteiger partial charge in [-0.2, -0.15) is 0 Å². The summed E-state index contributed by atoms with van der Waals surface area (Å²) in [4.78, 5) is 4.90. The molecule has 1 aliphatic heterocycles. The van der Waals surface area contributed by atoms with Crippen LogP contribution < -0.4 is 10.6 Å². The Labute approximate surface area is 111 Å². The third-order valence-corrected chi connectivity index (χ3v) is 3.96. The molecule has 1 saturated heterocycles. The van der Waals surface area contributed by atoms with Crippen molar-refractivity contribution in [1.82, 2.24) is 4.90 Å². The largest absolute Gasteiger partial charge is 0.370 e. The average molecular weight is 247 g/mol. The van der Waals surface area contributed by atoms with E-state index >= 15 is 0 Å². The first-order valence-corrected chi connectivity index (χ1v) is 6.84. The molecule has 1 aromatic rings. The van der Waals surface area contributed by atoms with Crippen LogP contribution in [0.25, 0.3) is 0 Å². The van der Waals surface area contributed by atoms with Crippen molar-refractivity contribution in [3.05, 3.63) is 29.3 Å². The molecule has 0 aliphatic carbocycles. The zero-order chi connectivity index (χ0) is 13.1. The molecule has 0 amide bonds. The summed E-state index contributed by atoms with van der Waals surface area (Å²) in [6, 6.07) is 7.39. The van der Waals surface area contributed by atoms with Crippen LogP contribution >= 0.6 is 0 Å². The molecule has 100 valence electrons. The van der Waals surface area contributed by atoms with Crippen LogP contribution in [-0.4, -0.2) is 44.2 Å². The number of likely N-dealkylation sites (N-methyl/N-ethyl adjacent to an activating group) is 1. The summed E-state index contributed by atoms with van der Waals surface area (Å²) >= 11 is 0. The second kappa shape index (κ2) is 5.72. The maximum Gasteiger partial charge on any atom is 0.0396 e. The highest BCUT2D eigenvalue weighted by Gasteiger charge is 2.26. The molecule has 1 aromatic carbocycles. The SMILES string of the molecule is Cc1ccc(N2CCC(N(C)CCN)C2)c(C)c1. The highest BCUT2D eigenvalue weighted by Crippen LogP contribution is 2.26. The number of nitrogens with two attached hydrogens (primary N) is 1. The van der Waals surface area contributed by atoms with Gasteiger partial charge in [0.25, 0.3) is 0 Å². The van der Waals surface area contributed by atoms with E-state index in [0.29, 0.717) is 6.04 Å². The van der Waals surface area contributed by atoms with Gasteiger partial charge in [-0.1, -0.05) is 17.7 Å². The van der Waals surface area contributed by atoms with Gasteiger partial charge in [-0.05, 0) is 38.9 Å². The lowest BCUT2D eigenvalue weighted by Gasteiger charge is -2.25. The lowest BCUT2D eigenvalue weighted by molar-refractivity contribution is 0.266. The molecule has 1 fully saturated rings. The van der Waals surface area contributed by atoms with Gasteiger partial charge in [-0.25, -0.2) is 0 Å². The van der Waals surface area contributed by atoms with Crippen molar-refractivity contribution in [2.45, 2.75) is 26.3 Å². The van der Waals surface area contributed by atoms with Crippen LogP contribution in [0.15, 0.2) is 18.2 Å². The van der Waals surface area contributed by atoms with Crippen LogP contribution in [-0.2, 0) is 0 Å². The lowest BCUT2D eigenvalue weighted by Crippen LogP contribution is -2.37. The minimum atomic E-state index is 0.647. The maximum atomic E-state index is 5.63. The van der Waals surface area contributed by atoms with Crippen molar-refractivity contribution in [2.75, 3.05) is 38.1 Å². The Kier molecular flexibility index (Phi) is 4.25. The molecule has 2 N–H and O–H groups in total. The minimum absolute atomic E-state index is 0.647. The molecule has 0 spiro atoms. The quantitative estimate of drug-likeness (QED) is 0.880. The molecule has 0 saturated carbocycles. The van der Waals surface area contributed by atoms with E-state index in [9.17, 15) is 0 Å². The van der Waals surface area contributed by atoms with Crippen LogP contribution in [0.3, 0.4) is 0 Å². The summed E-state index contributed by atoms with van der Waals surface area (Å²) in [5, 5.41) is 0. The number of hydrogen-bond acceptors (Lipinski definition) is 3. The third kappa shape index (κ3) is 2.85. The Morgan fingerprint density at radius 3 is 2.83 bits per heavy atom. The Balaban J connectivity index is 2.04. The molecule has 1 heterocycles. The monoisotopic (exact) mass is 247 g/mol. The first-order valence-electron chi connectivity index (χ1n) is 6.84. The van der Waals surface area contributed by atoms with Crippen LogP contribution in [0.5, 0.6) is 0 Å². The fourth-order valence-electron chi connectivity index (χ4n) is 2.87. The third-order valence-electron chi connectivity index (χ3n) is 3.96. The predicted molar refractivity (Wildman–Crippen MR) is 78.2 cm³/mol. The molecular formula is C15H25N3. The molecule has 2 rings (SSSR count). The van der Waals surface area contributed by atoms with Crippen LogP contribution in [0, 0.1) is 13.8 Å². The van der Waals surface area contributed by atoms with Gasteiger partial charge in [0.1, 0.15) is 0 Å². The van der Waals surface area contributed by atoms with Crippen molar-refractivity contribution in [3.63, 3.8) is 0 Å². The average Bonchev–Trinajstić information content (AvgIpc) is 2.78. The second-order valence-electron chi connectivity index (χ2n) is 5.45. The molecule has 0 aromatic heterocycles. The van der Waals surface area contributed by atoms with Crippen LogP contribution in [0.2, 0.25) is 0 Å². The molecule has 1 aliphatic rings. The molecule has 3 nitrogen and oxygen atoms in total. The highest BCUT2D eigenvalue weighted by molar-refractivity contribution is 5.55. The lowest BCUT2D eigenvalue weighted by atomic mass is 10.1. The Hall–Kier alpha value is -1.06. The van der Waals surface area contributed by atoms with Gasteiger partial charge in [0, 0.05) is 37.9 Å². The van der Waals surface area contributed by atoms with Gasteiger partial charge in [-0.15, -0.1) is 0 Å². The first-order chi connectivity index (χ1) is 8.61. The zero-order valence-corrected chi connectivity index (χ0v) is 11.8. The van der Waals surface area contributed by atoms with E-state index in [2.05, 4.69) is 48.9 Å². The van der Waals surface area contributed by atoms with E-state index in [0.717, 1.165) is 26.2 Å². The number of nitrogens with zero attached hydrogens (tertiary/aromatic N) is 2. The van der Waals surface area contributed by atoms with Crippen molar-refractivity contribution in [1.29, 1.82) is 0 Å². The summed E-state index contributed by atoms with van der Waals surface area (Å²) in [5.41, 5.74) is 9.75. The van der Waals surface area contributed by atoms with Gasteiger partial charge >= 0.3 is 0 Å². The van der Waals surface area contributed by atoms with Gasteiger partial charge in [-0.3, -0.25) is 0 Å². The fourth-order valence-corrected chi connectivity index (χ4v) is 2.87. The molecule has 1 unspecified atom stereocenters. The molecule has 1 atom stereocenters. The summed E-state index contributed by atoms with van der Waals surface area (Å²) in [5.74, 6) is 0. The van der Waals surface area contributed by atoms with E-state index in [4.69, 9.17) is 5.73 Å². The number of benzene rings is 1. The first kappa shape index (κ1) is 13.4. The van der Waals surface area contributed by atoms with E-state index in [-0.39, 0.29) is 0 Å². The zero-order valence-electron chi connectivity index (χ0n) is 11.8. The summed E-state index contributed by atoms with van der Waals surface area (Å²) in [7, 11) is 2.18. The van der Waals surface area contributed by atoms with Crippen molar-refractivity contribution < 1.29 is 0 Å². The van der Waals surface area contributed by atoms with Gasteiger partial charge < -0.3 is 15.5 Å². The van der Waals surface area contributed by atoms with Crippen LogP contribution in [0.4, 0.5) is 5.69 Å². The van der Waals surface area contributed by atoms with Crippen LogP contribution in [0.1, 0.15) is 17.5 Å². The maximum absolute atomic E-state index is 5.63. The number of hydrogen-bond donors (Lipinski definition) is 1. The van der Waals surface area contributed by atoms with Gasteiger partial charge in [0.2, 0.25) is 0 Å². The Morgan fingerprint density at radius 2 is 2.17 bits per heavy atom. The van der Waals surface area contributed by atoms with Gasteiger partial charge in [0.05, 0.1) is 0 Å². The topological polar surface area (TPSA) is 32.5 Å². The molecule has 18 heavy (non-hydrogen) atoms. The van der Waals surface area contributed by atoms with Gasteiger partial charge in [0.15, 0.2) is 0 Å². The number of aryl methyl sites for hydroxylation is 2.